The summed E-state index contributed by atoms with van der Waals surface area (Å²) in [6, 6.07) is 11.4. The maximum Gasteiger partial charge on any atom is 0.344 e. The molecule has 2 fully saturated rings. The zero-order valence-electron chi connectivity index (χ0n) is 17.8. The Morgan fingerprint density at radius 3 is 2.58 bits per heavy atom. The summed E-state index contributed by atoms with van der Waals surface area (Å²) >= 11 is 1.61. The smallest absolute Gasteiger partial charge is 0.322 e. The summed E-state index contributed by atoms with van der Waals surface area (Å²) < 4.78 is 0. The van der Waals surface area contributed by atoms with Gasteiger partial charge >= 0.3 is 6.03 Å². The summed E-state index contributed by atoms with van der Waals surface area (Å²) in [7, 11) is 0. The van der Waals surface area contributed by atoms with E-state index in [1.807, 2.05) is 48.7 Å². The molecule has 2 heterocycles. The quantitative estimate of drug-likeness (QED) is 0.602. The first-order chi connectivity index (χ1) is 14.9. The lowest BCUT2D eigenvalue weighted by Gasteiger charge is -2.33. The molecule has 2 aliphatic rings. The monoisotopic (exact) mass is 440 g/mol. The highest BCUT2D eigenvalue weighted by molar-refractivity contribution is 7.10. The van der Waals surface area contributed by atoms with Crippen LogP contribution in [0.3, 0.4) is 0 Å². The van der Waals surface area contributed by atoms with Crippen LogP contribution >= 0.6 is 11.3 Å². The van der Waals surface area contributed by atoms with Gasteiger partial charge in [0.1, 0.15) is 5.54 Å². The van der Waals surface area contributed by atoms with Crippen molar-refractivity contribution in [2.24, 2.45) is 5.92 Å². The van der Waals surface area contributed by atoms with Gasteiger partial charge in [-0.2, -0.15) is 5.01 Å². The molecule has 4 rings (SSSR count). The van der Waals surface area contributed by atoms with Crippen molar-refractivity contribution in [1.82, 2.24) is 21.1 Å². The van der Waals surface area contributed by atoms with Gasteiger partial charge in [0.25, 0.3) is 11.8 Å². The van der Waals surface area contributed by atoms with Crippen LogP contribution in [0.2, 0.25) is 0 Å². The molecule has 1 saturated heterocycles. The Kier molecular flexibility index (Phi) is 6.11. The van der Waals surface area contributed by atoms with Crippen molar-refractivity contribution < 1.29 is 14.4 Å². The number of carbonyl (C=O) groups is 3. The van der Waals surface area contributed by atoms with Crippen LogP contribution in [0.15, 0.2) is 41.8 Å². The van der Waals surface area contributed by atoms with Gasteiger partial charge in [-0.25, -0.2) is 4.79 Å². The van der Waals surface area contributed by atoms with E-state index in [9.17, 15) is 14.4 Å². The third-order valence-electron chi connectivity index (χ3n) is 6.23. The molecule has 0 unspecified atom stereocenters. The van der Waals surface area contributed by atoms with Gasteiger partial charge in [0, 0.05) is 4.88 Å². The number of hydrazine groups is 1. The van der Waals surface area contributed by atoms with Crippen LogP contribution < -0.4 is 16.1 Å². The number of aryl methyl sites for hydroxylation is 1. The van der Waals surface area contributed by atoms with Gasteiger partial charge in [-0.05, 0) is 55.5 Å². The molecule has 3 N–H and O–H groups in total. The summed E-state index contributed by atoms with van der Waals surface area (Å²) in [6.45, 7) is 4.15. The average molecular weight is 441 g/mol. The van der Waals surface area contributed by atoms with Crippen LogP contribution in [0.25, 0.3) is 0 Å². The number of benzene rings is 1. The molecule has 1 spiro atoms. The lowest BCUT2D eigenvalue weighted by Crippen LogP contribution is -2.52. The van der Waals surface area contributed by atoms with Crippen molar-refractivity contribution >= 4 is 29.2 Å². The van der Waals surface area contributed by atoms with E-state index < -0.39 is 17.5 Å². The van der Waals surface area contributed by atoms with E-state index in [2.05, 4.69) is 23.0 Å². The molecular formula is C23H28N4O3S. The first-order valence-corrected chi connectivity index (χ1v) is 11.6. The van der Waals surface area contributed by atoms with E-state index in [0.717, 1.165) is 33.9 Å². The molecule has 31 heavy (non-hydrogen) atoms. The molecular weight excluding hydrogens is 412 g/mol. The molecule has 4 amide bonds. The number of nitrogens with one attached hydrogen (secondary N) is 3. The molecule has 7 nitrogen and oxygen atoms in total. The van der Waals surface area contributed by atoms with Crippen molar-refractivity contribution in [1.29, 1.82) is 0 Å². The predicted octanol–water partition coefficient (Wildman–Crippen LogP) is 3.27. The van der Waals surface area contributed by atoms with E-state index in [1.165, 1.54) is 0 Å². The third kappa shape index (κ3) is 4.50. The summed E-state index contributed by atoms with van der Waals surface area (Å²) in [6.07, 6.45) is 2.98. The Morgan fingerprint density at radius 1 is 1.23 bits per heavy atom. The highest BCUT2D eigenvalue weighted by atomic mass is 32.1. The van der Waals surface area contributed by atoms with E-state index in [0.29, 0.717) is 18.8 Å². The standard InChI is InChI=1S/C23H28N4O3S/c1-15-5-7-17(8-6-15)20(18-4-3-13-31-18)24-14-19(28)26-27-21(29)23(25-22(27)30)11-9-16(2)10-12-23/h3-8,13,16,20,24H,9-12,14H2,1-2H3,(H,25,30)(H,26,28)/t16?,20-,23?/m0/s1. The van der Waals surface area contributed by atoms with Gasteiger partial charge in [0.05, 0.1) is 12.6 Å². The van der Waals surface area contributed by atoms with Gasteiger partial charge in [-0.15, -0.1) is 11.3 Å². The second-order valence-corrected chi connectivity index (χ2v) is 9.59. The first kappa shape index (κ1) is 21.5. The fourth-order valence-electron chi connectivity index (χ4n) is 4.27. The average Bonchev–Trinajstić information content (AvgIpc) is 3.35. The van der Waals surface area contributed by atoms with Gasteiger partial charge in [0.15, 0.2) is 0 Å². The van der Waals surface area contributed by atoms with Gasteiger partial charge in [0.2, 0.25) is 0 Å². The van der Waals surface area contributed by atoms with Crippen molar-refractivity contribution in [3.8, 4) is 0 Å². The molecule has 2 aromatic rings. The fraction of sp³-hybridized carbons (Fsp3) is 0.435. The second-order valence-electron chi connectivity index (χ2n) is 8.61. The zero-order chi connectivity index (χ0) is 22.0. The number of urea groups is 1. The first-order valence-electron chi connectivity index (χ1n) is 10.7. The van der Waals surface area contributed by atoms with Crippen LogP contribution in [0, 0.1) is 12.8 Å². The number of rotatable bonds is 6. The zero-order valence-corrected chi connectivity index (χ0v) is 18.6. The normalized spacial score (nSPS) is 24.3. The number of thiophene rings is 1. The van der Waals surface area contributed by atoms with Crippen molar-refractivity contribution in [2.75, 3.05) is 6.54 Å². The molecule has 1 aliphatic carbocycles. The van der Waals surface area contributed by atoms with E-state index >= 15 is 0 Å². The molecule has 0 radical (unpaired) electrons. The maximum atomic E-state index is 12.9. The minimum absolute atomic E-state index is 0.0302. The highest BCUT2D eigenvalue weighted by Crippen LogP contribution is 2.35. The molecule has 1 atom stereocenters. The minimum atomic E-state index is -0.869. The predicted molar refractivity (Wildman–Crippen MR) is 119 cm³/mol. The Hall–Kier alpha value is -2.71. The number of hydrogen-bond donors (Lipinski definition) is 3. The molecule has 8 heteroatoms. The Morgan fingerprint density at radius 2 is 1.94 bits per heavy atom. The molecule has 1 aromatic heterocycles. The summed E-state index contributed by atoms with van der Waals surface area (Å²) in [5.74, 6) is -0.247. The Balaban J connectivity index is 1.40. The van der Waals surface area contributed by atoms with Crippen LogP contribution in [0.5, 0.6) is 0 Å². The summed E-state index contributed by atoms with van der Waals surface area (Å²) in [4.78, 5) is 39.1. The van der Waals surface area contributed by atoms with E-state index in [-0.39, 0.29) is 18.5 Å². The lowest BCUT2D eigenvalue weighted by atomic mass is 9.77. The number of nitrogens with zero attached hydrogens (tertiary/aromatic N) is 1. The van der Waals surface area contributed by atoms with Crippen LogP contribution in [0.4, 0.5) is 4.79 Å². The minimum Gasteiger partial charge on any atom is -0.322 e. The summed E-state index contributed by atoms with van der Waals surface area (Å²) in [5.41, 5.74) is 3.84. The highest BCUT2D eigenvalue weighted by Gasteiger charge is 2.52. The molecule has 1 aromatic carbocycles. The van der Waals surface area contributed by atoms with Crippen LogP contribution in [-0.2, 0) is 9.59 Å². The number of carbonyl (C=O) groups excluding carboxylic acids is 3. The largest absolute Gasteiger partial charge is 0.344 e. The molecule has 1 saturated carbocycles. The SMILES string of the molecule is Cc1ccc([C@H](NCC(=O)NN2C(=O)NC3(CCC(C)CC3)C2=O)c2cccs2)cc1. The summed E-state index contributed by atoms with van der Waals surface area (Å²) in [5, 5.41) is 8.93. The Labute approximate surface area is 186 Å². The van der Waals surface area contributed by atoms with Crippen molar-refractivity contribution in [3.63, 3.8) is 0 Å². The number of imide groups is 1. The van der Waals surface area contributed by atoms with E-state index in [4.69, 9.17) is 0 Å². The van der Waals surface area contributed by atoms with Crippen molar-refractivity contribution in [3.05, 3.63) is 57.8 Å². The van der Waals surface area contributed by atoms with Gasteiger partial charge in [-0.3, -0.25) is 20.3 Å². The second kappa shape index (κ2) is 8.80. The fourth-order valence-corrected chi connectivity index (χ4v) is 5.10. The molecule has 0 bridgehead atoms. The van der Waals surface area contributed by atoms with Crippen molar-refractivity contribution in [2.45, 2.75) is 51.1 Å². The maximum absolute atomic E-state index is 12.9. The topological polar surface area (TPSA) is 90.5 Å². The third-order valence-corrected chi connectivity index (χ3v) is 7.17. The van der Waals surface area contributed by atoms with Gasteiger partial charge < -0.3 is 5.32 Å². The molecule has 1 aliphatic heterocycles. The number of hydrogen-bond acceptors (Lipinski definition) is 5. The van der Waals surface area contributed by atoms with Crippen LogP contribution in [-0.4, -0.2) is 34.9 Å². The number of amides is 4. The van der Waals surface area contributed by atoms with E-state index in [1.54, 1.807) is 11.3 Å². The molecule has 164 valence electrons. The van der Waals surface area contributed by atoms with Crippen LogP contribution in [0.1, 0.15) is 54.7 Å². The van der Waals surface area contributed by atoms with Gasteiger partial charge in [-0.1, -0.05) is 42.8 Å². The lowest BCUT2D eigenvalue weighted by molar-refractivity contribution is -0.139. The Bertz CT molecular complexity index is 950.